The molecular formula is C25H30FN3O3. The van der Waals surface area contributed by atoms with Crippen molar-refractivity contribution in [2.45, 2.75) is 25.9 Å². The molecule has 0 spiro atoms. The maximum Gasteiger partial charge on any atom is 0.253 e. The number of likely N-dealkylation sites (tertiary alicyclic amines) is 1. The summed E-state index contributed by atoms with van der Waals surface area (Å²) in [5, 5.41) is 0. The molecule has 0 aromatic heterocycles. The number of amides is 2. The Morgan fingerprint density at radius 1 is 1.09 bits per heavy atom. The first-order chi connectivity index (χ1) is 15.5. The van der Waals surface area contributed by atoms with Crippen LogP contribution in [0.3, 0.4) is 0 Å². The Balaban J connectivity index is 1.30. The lowest BCUT2D eigenvalue weighted by molar-refractivity contribution is -0.136. The highest BCUT2D eigenvalue weighted by molar-refractivity contribution is 5.94. The molecule has 32 heavy (non-hydrogen) atoms. The van der Waals surface area contributed by atoms with Crippen LogP contribution in [0, 0.1) is 11.7 Å². The van der Waals surface area contributed by atoms with Crippen LogP contribution in [0.5, 0.6) is 5.75 Å². The molecule has 0 unspecified atom stereocenters. The molecule has 1 fully saturated rings. The number of likely N-dealkylation sites (N-methyl/N-ethyl adjacent to an activating group) is 2. The van der Waals surface area contributed by atoms with Crippen molar-refractivity contribution in [1.82, 2.24) is 9.80 Å². The standard InChI is InChI=1S/C25H30FN3O3/c1-3-28-17-21(32-23-7-5-4-6-22(23)28)16-27(2)24(30)19-12-14-29(15-13-19)25(31)18-8-10-20(26)11-9-18/h4-11,19,21H,3,12-17H2,1-2H3/t21-/m0/s1. The summed E-state index contributed by atoms with van der Waals surface area (Å²) in [6, 6.07) is 13.6. The summed E-state index contributed by atoms with van der Waals surface area (Å²) in [5.74, 6) is 0.387. The molecule has 170 valence electrons. The van der Waals surface area contributed by atoms with Gasteiger partial charge in [-0.15, -0.1) is 0 Å². The van der Waals surface area contributed by atoms with Crippen molar-refractivity contribution in [3.05, 3.63) is 59.9 Å². The van der Waals surface area contributed by atoms with Crippen molar-refractivity contribution in [2.75, 3.05) is 44.7 Å². The quantitative estimate of drug-likeness (QED) is 0.717. The molecule has 1 atom stereocenters. The lowest BCUT2D eigenvalue weighted by Crippen LogP contribution is -2.49. The second kappa shape index (κ2) is 9.59. The number of halogens is 1. The highest BCUT2D eigenvalue weighted by atomic mass is 19.1. The zero-order chi connectivity index (χ0) is 22.7. The number of rotatable bonds is 5. The minimum Gasteiger partial charge on any atom is -0.485 e. The Morgan fingerprint density at radius 2 is 1.78 bits per heavy atom. The normalized spacial score (nSPS) is 18.7. The molecule has 4 rings (SSSR count). The van der Waals surface area contributed by atoms with Crippen LogP contribution < -0.4 is 9.64 Å². The zero-order valence-electron chi connectivity index (χ0n) is 18.7. The first kappa shape index (κ1) is 22.1. The van der Waals surface area contributed by atoms with Crippen molar-refractivity contribution in [3.8, 4) is 5.75 Å². The van der Waals surface area contributed by atoms with E-state index >= 15 is 0 Å². The SMILES string of the molecule is CCN1C[C@H](CN(C)C(=O)C2CCN(C(=O)c3ccc(F)cc3)CC2)Oc2ccccc21. The lowest BCUT2D eigenvalue weighted by atomic mass is 9.94. The number of hydrogen-bond donors (Lipinski definition) is 0. The summed E-state index contributed by atoms with van der Waals surface area (Å²) in [4.78, 5) is 31.5. The number of carbonyl (C=O) groups excluding carboxylic acids is 2. The molecule has 2 aliphatic rings. The van der Waals surface area contributed by atoms with Gasteiger partial charge in [0.2, 0.25) is 5.91 Å². The van der Waals surface area contributed by atoms with Gasteiger partial charge < -0.3 is 19.4 Å². The van der Waals surface area contributed by atoms with Gasteiger partial charge in [-0.3, -0.25) is 9.59 Å². The molecule has 2 aromatic rings. The van der Waals surface area contributed by atoms with Crippen molar-refractivity contribution in [2.24, 2.45) is 5.92 Å². The van der Waals surface area contributed by atoms with Gasteiger partial charge in [0.05, 0.1) is 18.8 Å². The molecule has 0 aliphatic carbocycles. The summed E-state index contributed by atoms with van der Waals surface area (Å²) in [7, 11) is 1.83. The maximum absolute atomic E-state index is 13.1. The van der Waals surface area contributed by atoms with E-state index in [0.717, 1.165) is 24.5 Å². The van der Waals surface area contributed by atoms with Gasteiger partial charge in [0.25, 0.3) is 5.91 Å². The average Bonchev–Trinajstić information content (AvgIpc) is 2.83. The largest absolute Gasteiger partial charge is 0.485 e. The van der Waals surface area contributed by atoms with Crippen molar-refractivity contribution < 1.29 is 18.7 Å². The molecule has 1 saturated heterocycles. The average molecular weight is 440 g/mol. The lowest BCUT2D eigenvalue weighted by Gasteiger charge is -2.38. The number of carbonyl (C=O) groups is 2. The van der Waals surface area contributed by atoms with Crippen molar-refractivity contribution in [1.29, 1.82) is 0 Å². The molecule has 0 radical (unpaired) electrons. The molecule has 2 heterocycles. The topological polar surface area (TPSA) is 53.1 Å². The van der Waals surface area contributed by atoms with E-state index in [0.29, 0.717) is 38.0 Å². The molecule has 2 aliphatic heterocycles. The predicted octanol–water partition coefficient (Wildman–Crippen LogP) is 3.42. The first-order valence-corrected chi connectivity index (χ1v) is 11.3. The molecule has 0 bridgehead atoms. The summed E-state index contributed by atoms with van der Waals surface area (Å²) in [6.07, 6.45) is 1.18. The molecule has 0 saturated carbocycles. The number of ether oxygens (including phenoxy) is 1. The Labute approximate surface area is 188 Å². The van der Waals surface area contributed by atoms with E-state index in [4.69, 9.17) is 4.74 Å². The smallest absolute Gasteiger partial charge is 0.253 e. The minimum atomic E-state index is -0.360. The Kier molecular flexibility index (Phi) is 6.63. The number of fused-ring (bicyclic) bond motifs is 1. The van der Waals surface area contributed by atoms with Crippen LogP contribution in [0.25, 0.3) is 0 Å². The Hall–Kier alpha value is -3.09. The van der Waals surface area contributed by atoms with Crippen LogP contribution in [0.4, 0.5) is 10.1 Å². The van der Waals surface area contributed by atoms with Crippen LogP contribution in [-0.4, -0.2) is 67.5 Å². The number of piperidine rings is 1. The second-order valence-corrected chi connectivity index (χ2v) is 8.54. The zero-order valence-corrected chi connectivity index (χ0v) is 18.7. The third-order valence-electron chi connectivity index (χ3n) is 6.38. The first-order valence-electron chi connectivity index (χ1n) is 11.3. The van der Waals surface area contributed by atoms with E-state index in [1.807, 2.05) is 25.2 Å². The summed E-state index contributed by atoms with van der Waals surface area (Å²) >= 11 is 0. The number of nitrogens with zero attached hydrogens (tertiary/aromatic N) is 3. The van der Waals surface area contributed by atoms with Gasteiger partial charge in [0.1, 0.15) is 17.7 Å². The van der Waals surface area contributed by atoms with Crippen LogP contribution in [0.2, 0.25) is 0 Å². The van der Waals surface area contributed by atoms with E-state index in [1.165, 1.54) is 24.3 Å². The van der Waals surface area contributed by atoms with Crippen molar-refractivity contribution in [3.63, 3.8) is 0 Å². The van der Waals surface area contributed by atoms with Crippen LogP contribution in [-0.2, 0) is 4.79 Å². The molecule has 6 nitrogen and oxygen atoms in total. The van der Waals surface area contributed by atoms with E-state index < -0.39 is 0 Å². The van der Waals surface area contributed by atoms with Gasteiger partial charge in [0, 0.05) is 38.2 Å². The molecule has 2 amide bonds. The van der Waals surface area contributed by atoms with Crippen LogP contribution >= 0.6 is 0 Å². The Bertz CT molecular complexity index is 957. The van der Waals surface area contributed by atoms with E-state index in [2.05, 4.69) is 17.9 Å². The molecule has 0 N–H and O–H groups in total. The Morgan fingerprint density at radius 3 is 2.47 bits per heavy atom. The number of benzene rings is 2. The fourth-order valence-corrected chi connectivity index (χ4v) is 4.59. The molecule has 2 aromatic carbocycles. The summed E-state index contributed by atoms with van der Waals surface area (Å²) in [6.45, 7) is 5.33. The third-order valence-corrected chi connectivity index (χ3v) is 6.38. The number of anilines is 1. The van der Waals surface area contributed by atoms with Gasteiger partial charge >= 0.3 is 0 Å². The highest BCUT2D eigenvalue weighted by Crippen LogP contribution is 2.33. The fourth-order valence-electron chi connectivity index (χ4n) is 4.59. The van der Waals surface area contributed by atoms with E-state index in [9.17, 15) is 14.0 Å². The summed E-state index contributed by atoms with van der Waals surface area (Å²) < 4.78 is 19.3. The molecular weight excluding hydrogens is 409 g/mol. The van der Waals surface area contributed by atoms with Gasteiger partial charge in [-0.05, 0) is 56.2 Å². The fraction of sp³-hybridized carbons (Fsp3) is 0.440. The summed E-state index contributed by atoms with van der Waals surface area (Å²) in [5.41, 5.74) is 1.57. The van der Waals surface area contributed by atoms with Gasteiger partial charge in [-0.1, -0.05) is 12.1 Å². The van der Waals surface area contributed by atoms with Crippen LogP contribution in [0.15, 0.2) is 48.5 Å². The monoisotopic (exact) mass is 439 g/mol. The van der Waals surface area contributed by atoms with E-state index in [1.54, 1.807) is 9.80 Å². The number of para-hydroxylation sites is 2. The predicted molar refractivity (Wildman–Crippen MR) is 121 cm³/mol. The van der Waals surface area contributed by atoms with Gasteiger partial charge in [0.15, 0.2) is 0 Å². The minimum absolute atomic E-state index is 0.0843. The van der Waals surface area contributed by atoms with Crippen molar-refractivity contribution >= 4 is 17.5 Å². The third kappa shape index (κ3) is 4.71. The van der Waals surface area contributed by atoms with E-state index in [-0.39, 0.29) is 29.7 Å². The van der Waals surface area contributed by atoms with Crippen LogP contribution in [0.1, 0.15) is 30.1 Å². The number of hydrogen-bond acceptors (Lipinski definition) is 4. The highest BCUT2D eigenvalue weighted by Gasteiger charge is 2.32. The maximum atomic E-state index is 13.1. The second-order valence-electron chi connectivity index (χ2n) is 8.54. The van der Waals surface area contributed by atoms with Gasteiger partial charge in [-0.25, -0.2) is 4.39 Å². The molecule has 7 heteroatoms. The van der Waals surface area contributed by atoms with Gasteiger partial charge in [-0.2, -0.15) is 0 Å².